The van der Waals surface area contributed by atoms with E-state index in [0.29, 0.717) is 18.9 Å². The van der Waals surface area contributed by atoms with Crippen molar-refractivity contribution >= 4 is 11.4 Å². The van der Waals surface area contributed by atoms with Crippen LogP contribution in [0.15, 0.2) is 18.2 Å². The van der Waals surface area contributed by atoms with Crippen molar-refractivity contribution in [3.8, 4) is 0 Å². The molecule has 0 bridgehead atoms. The zero-order chi connectivity index (χ0) is 18.0. The molecule has 0 radical (unpaired) electrons. The standard InChI is InChI=1S/C20H31F2N3/c1-15(2)24-4-6-25(7-5-24)19-9-16(3)8-17(10-19)23-18-11-20(12-18,13-21)14-22/h8-10,15,18,23H,4-7,11-14H2,1-3H3. The summed E-state index contributed by atoms with van der Waals surface area (Å²) < 4.78 is 26.0. The molecule has 3 rings (SSSR count). The summed E-state index contributed by atoms with van der Waals surface area (Å²) in [6, 6.07) is 7.31. The van der Waals surface area contributed by atoms with Crippen molar-refractivity contribution in [2.24, 2.45) is 5.41 Å². The lowest BCUT2D eigenvalue weighted by molar-refractivity contribution is 0.0465. The molecular formula is C20H31F2N3. The molecule has 0 aromatic heterocycles. The topological polar surface area (TPSA) is 18.5 Å². The van der Waals surface area contributed by atoms with Crippen LogP contribution in [0, 0.1) is 12.3 Å². The first-order valence-electron chi connectivity index (χ1n) is 9.44. The molecule has 140 valence electrons. The Morgan fingerprint density at radius 3 is 2.28 bits per heavy atom. The van der Waals surface area contributed by atoms with Crippen molar-refractivity contribution in [3.63, 3.8) is 0 Å². The first-order valence-corrected chi connectivity index (χ1v) is 9.44. The SMILES string of the molecule is Cc1cc(NC2CC(CF)(CF)C2)cc(N2CCN(C(C)C)CC2)c1. The van der Waals surface area contributed by atoms with Crippen molar-refractivity contribution < 1.29 is 8.78 Å². The van der Waals surface area contributed by atoms with Crippen molar-refractivity contribution in [1.29, 1.82) is 0 Å². The molecule has 0 unspecified atom stereocenters. The second kappa shape index (κ2) is 7.48. The maximum Gasteiger partial charge on any atom is 0.0977 e. The fourth-order valence-corrected chi connectivity index (χ4v) is 4.10. The van der Waals surface area contributed by atoms with Crippen LogP contribution in [-0.4, -0.2) is 56.5 Å². The van der Waals surface area contributed by atoms with E-state index in [-0.39, 0.29) is 6.04 Å². The molecule has 1 N–H and O–H groups in total. The van der Waals surface area contributed by atoms with Crippen LogP contribution in [-0.2, 0) is 0 Å². The van der Waals surface area contributed by atoms with Gasteiger partial charge in [0.15, 0.2) is 0 Å². The molecule has 5 heteroatoms. The number of alkyl halides is 2. The van der Waals surface area contributed by atoms with E-state index in [1.807, 2.05) is 0 Å². The van der Waals surface area contributed by atoms with Gasteiger partial charge in [-0.25, -0.2) is 0 Å². The number of halogens is 2. The zero-order valence-corrected chi connectivity index (χ0v) is 15.7. The summed E-state index contributed by atoms with van der Waals surface area (Å²) in [4.78, 5) is 4.94. The molecule has 1 aliphatic heterocycles. The van der Waals surface area contributed by atoms with Crippen LogP contribution in [0.3, 0.4) is 0 Å². The monoisotopic (exact) mass is 351 g/mol. The van der Waals surface area contributed by atoms with Crippen molar-refractivity contribution in [2.75, 3.05) is 49.7 Å². The number of rotatable bonds is 6. The molecule has 1 aromatic carbocycles. The molecule has 0 atom stereocenters. The molecule has 1 heterocycles. The van der Waals surface area contributed by atoms with E-state index < -0.39 is 18.8 Å². The lowest BCUT2D eigenvalue weighted by Crippen LogP contribution is -2.49. The quantitative estimate of drug-likeness (QED) is 0.835. The third-order valence-corrected chi connectivity index (χ3v) is 5.77. The van der Waals surface area contributed by atoms with Crippen molar-refractivity contribution in [1.82, 2.24) is 4.90 Å². The largest absolute Gasteiger partial charge is 0.382 e. The van der Waals surface area contributed by atoms with E-state index in [4.69, 9.17) is 0 Å². The average molecular weight is 351 g/mol. The second-order valence-corrected chi connectivity index (χ2v) is 8.19. The number of nitrogens with zero attached hydrogens (tertiary/aromatic N) is 2. The summed E-state index contributed by atoms with van der Waals surface area (Å²) in [7, 11) is 0. The summed E-state index contributed by atoms with van der Waals surface area (Å²) in [5.41, 5.74) is 2.80. The number of benzene rings is 1. The van der Waals surface area contributed by atoms with Crippen molar-refractivity contribution in [2.45, 2.75) is 45.7 Å². The molecule has 1 saturated heterocycles. The number of nitrogens with one attached hydrogen (secondary N) is 1. The number of hydrogen-bond donors (Lipinski definition) is 1. The van der Waals surface area contributed by atoms with Crippen LogP contribution in [0.2, 0.25) is 0 Å². The normalized spacial score (nSPS) is 21.4. The minimum atomic E-state index is -0.725. The Kier molecular flexibility index (Phi) is 5.52. The van der Waals surface area contributed by atoms with Crippen molar-refractivity contribution in [3.05, 3.63) is 23.8 Å². The zero-order valence-electron chi connectivity index (χ0n) is 15.7. The highest BCUT2D eigenvalue weighted by atomic mass is 19.1. The molecule has 1 aromatic rings. The number of aryl methyl sites for hydroxylation is 1. The Labute approximate surface area is 150 Å². The van der Waals surface area contributed by atoms with Crippen LogP contribution in [0.4, 0.5) is 20.2 Å². The predicted octanol–water partition coefficient (Wildman–Crippen LogP) is 4.03. The molecule has 3 nitrogen and oxygen atoms in total. The van der Waals surface area contributed by atoms with Gasteiger partial charge in [-0.15, -0.1) is 0 Å². The van der Waals surface area contributed by atoms with Gasteiger partial charge in [0.1, 0.15) is 0 Å². The van der Waals surface area contributed by atoms with E-state index in [0.717, 1.165) is 31.9 Å². The molecule has 1 saturated carbocycles. The van der Waals surface area contributed by atoms with Gasteiger partial charge in [-0.2, -0.15) is 0 Å². The molecule has 0 spiro atoms. The molecular weight excluding hydrogens is 320 g/mol. The number of hydrogen-bond acceptors (Lipinski definition) is 3. The summed E-state index contributed by atoms with van der Waals surface area (Å²) in [6.45, 7) is 9.75. The Hall–Kier alpha value is -1.36. The molecule has 2 fully saturated rings. The van der Waals surface area contributed by atoms with E-state index in [1.165, 1.54) is 11.3 Å². The van der Waals surface area contributed by atoms with Crippen LogP contribution in [0.5, 0.6) is 0 Å². The van der Waals surface area contributed by atoms with Crippen LogP contribution < -0.4 is 10.2 Å². The number of piperazine rings is 1. The molecule has 1 aliphatic carbocycles. The second-order valence-electron chi connectivity index (χ2n) is 8.19. The van der Waals surface area contributed by atoms with Gasteiger partial charge in [0.2, 0.25) is 0 Å². The lowest BCUT2D eigenvalue weighted by Gasteiger charge is -2.45. The Morgan fingerprint density at radius 1 is 1.08 bits per heavy atom. The minimum Gasteiger partial charge on any atom is -0.382 e. The lowest BCUT2D eigenvalue weighted by atomic mass is 9.67. The van der Waals surface area contributed by atoms with E-state index in [1.54, 1.807) is 0 Å². The van der Waals surface area contributed by atoms with Gasteiger partial charge in [-0.1, -0.05) is 0 Å². The number of anilines is 2. The van der Waals surface area contributed by atoms with Crippen LogP contribution in [0.25, 0.3) is 0 Å². The highest BCUT2D eigenvalue weighted by molar-refractivity contribution is 5.61. The Morgan fingerprint density at radius 2 is 1.72 bits per heavy atom. The average Bonchev–Trinajstić information content (AvgIpc) is 2.57. The van der Waals surface area contributed by atoms with Crippen LogP contribution in [0.1, 0.15) is 32.3 Å². The smallest absolute Gasteiger partial charge is 0.0977 e. The third-order valence-electron chi connectivity index (χ3n) is 5.77. The maximum atomic E-state index is 13.0. The maximum absolute atomic E-state index is 13.0. The molecule has 2 aliphatic rings. The predicted molar refractivity (Wildman–Crippen MR) is 101 cm³/mol. The summed E-state index contributed by atoms with van der Waals surface area (Å²) >= 11 is 0. The molecule has 0 amide bonds. The highest BCUT2D eigenvalue weighted by Crippen LogP contribution is 2.43. The third kappa shape index (κ3) is 4.08. The minimum absolute atomic E-state index is 0.180. The van der Waals surface area contributed by atoms with Gasteiger partial charge < -0.3 is 10.2 Å². The Balaban J connectivity index is 1.62. The summed E-state index contributed by atoms with van der Waals surface area (Å²) in [6.07, 6.45) is 1.16. The van der Waals surface area contributed by atoms with Gasteiger partial charge in [-0.05, 0) is 57.4 Å². The van der Waals surface area contributed by atoms with Gasteiger partial charge >= 0.3 is 0 Å². The van der Waals surface area contributed by atoms with E-state index in [2.05, 4.69) is 54.1 Å². The highest BCUT2D eigenvalue weighted by Gasteiger charge is 2.44. The fourth-order valence-electron chi connectivity index (χ4n) is 4.10. The first-order chi connectivity index (χ1) is 11.9. The van der Waals surface area contributed by atoms with E-state index >= 15 is 0 Å². The van der Waals surface area contributed by atoms with Crippen LogP contribution >= 0.6 is 0 Å². The van der Waals surface area contributed by atoms with E-state index in [9.17, 15) is 8.78 Å². The summed E-state index contributed by atoms with van der Waals surface area (Å²) in [5, 5.41) is 3.48. The van der Waals surface area contributed by atoms with Gasteiger partial charge in [0, 0.05) is 55.1 Å². The van der Waals surface area contributed by atoms with Gasteiger partial charge in [0.25, 0.3) is 0 Å². The Bertz CT molecular complexity index is 570. The van der Waals surface area contributed by atoms with Gasteiger partial charge in [0.05, 0.1) is 13.3 Å². The first kappa shape index (κ1) is 18.4. The molecule has 25 heavy (non-hydrogen) atoms. The fraction of sp³-hybridized carbons (Fsp3) is 0.700. The summed E-state index contributed by atoms with van der Waals surface area (Å²) in [5.74, 6) is 0. The van der Waals surface area contributed by atoms with Gasteiger partial charge in [-0.3, -0.25) is 13.7 Å².